The molecule has 2 aromatic rings. The van der Waals surface area contributed by atoms with Crippen molar-refractivity contribution in [3.8, 4) is 0 Å². The van der Waals surface area contributed by atoms with Gasteiger partial charge in [0.15, 0.2) is 9.84 Å². The van der Waals surface area contributed by atoms with Gasteiger partial charge in [0.1, 0.15) is 5.82 Å². The highest BCUT2D eigenvalue weighted by molar-refractivity contribution is 7.90. The van der Waals surface area contributed by atoms with E-state index in [0.717, 1.165) is 6.26 Å². The molecular formula is C16H14FNO3S. The molecule has 0 aliphatic heterocycles. The van der Waals surface area contributed by atoms with Crippen molar-refractivity contribution in [2.24, 2.45) is 0 Å². The minimum absolute atomic E-state index is 0.181. The lowest BCUT2D eigenvalue weighted by Gasteiger charge is -2.03. The molecule has 22 heavy (non-hydrogen) atoms. The number of amides is 1. The fourth-order valence-electron chi connectivity index (χ4n) is 1.75. The largest absolute Gasteiger partial charge is 0.323 e. The van der Waals surface area contributed by atoms with Crippen LogP contribution in [0, 0.1) is 5.82 Å². The number of halogens is 1. The molecule has 0 saturated heterocycles. The van der Waals surface area contributed by atoms with Gasteiger partial charge in [-0.3, -0.25) is 4.79 Å². The third-order valence-electron chi connectivity index (χ3n) is 2.83. The van der Waals surface area contributed by atoms with Crippen molar-refractivity contribution in [3.05, 3.63) is 66.0 Å². The number of anilines is 1. The van der Waals surface area contributed by atoms with Crippen LogP contribution in [0.1, 0.15) is 5.56 Å². The summed E-state index contributed by atoms with van der Waals surface area (Å²) in [7, 11) is -3.26. The predicted octanol–water partition coefficient (Wildman–Crippen LogP) is 2.88. The zero-order chi connectivity index (χ0) is 16.2. The molecule has 6 heteroatoms. The van der Waals surface area contributed by atoms with Crippen LogP contribution in [0.2, 0.25) is 0 Å². The van der Waals surface area contributed by atoms with Crippen molar-refractivity contribution in [1.82, 2.24) is 0 Å². The van der Waals surface area contributed by atoms with Crippen LogP contribution in [0.5, 0.6) is 0 Å². The summed E-state index contributed by atoms with van der Waals surface area (Å²) in [6.45, 7) is 0. The fraction of sp³-hybridized carbons (Fsp3) is 0.0625. The molecule has 0 unspecified atom stereocenters. The van der Waals surface area contributed by atoms with Crippen LogP contribution in [0.15, 0.2) is 59.5 Å². The Labute approximate surface area is 128 Å². The number of nitrogens with one attached hydrogen (secondary N) is 1. The predicted molar refractivity (Wildman–Crippen MR) is 83.6 cm³/mol. The molecule has 4 nitrogen and oxygen atoms in total. The molecule has 1 N–H and O–H groups in total. The molecule has 0 radical (unpaired) electrons. The van der Waals surface area contributed by atoms with Gasteiger partial charge in [-0.05, 0) is 48.0 Å². The highest BCUT2D eigenvalue weighted by atomic mass is 32.2. The number of rotatable bonds is 4. The summed E-state index contributed by atoms with van der Waals surface area (Å²) in [6, 6.07) is 11.7. The molecule has 0 spiro atoms. The average Bonchev–Trinajstić information content (AvgIpc) is 2.45. The van der Waals surface area contributed by atoms with E-state index in [1.165, 1.54) is 48.6 Å². The fourth-order valence-corrected chi connectivity index (χ4v) is 2.38. The Kier molecular flexibility index (Phi) is 4.72. The van der Waals surface area contributed by atoms with Crippen LogP contribution in [0.25, 0.3) is 6.08 Å². The van der Waals surface area contributed by atoms with Gasteiger partial charge in [0.25, 0.3) is 0 Å². The van der Waals surface area contributed by atoms with Gasteiger partial charge in [0, 0.05) is 18.0 Å². The maximum Gasteiger partial charge on any atom is 0.248 e. The van der Waals surface area contributed by atoms with E-state index in [-0.39, 0.29) is 10.7 Å². The Hall–Kier alpha value is -2.47. The summed E-state index contributed by atoms with van der Waals surface area (Å²) in [5, 5.41) is 2.59. The molecule has 0 heterocycles. The number of hydrogen-bond donors (Lipinski definition) is 1. The Morgan fingerprint density at radius 2 is 1.82 bits per heavy atom. The Balaban J connectivity index is 2.03. The van der Waals surface area contributed by atoms with Gasteiger partial charge < -0.3 is 5.32 Å². The number of hydrogen-bond acceptors (Lipinski definition) is 3. The standard InChI is InChI=1S/C16H14FNO3S/c1-22(20,21)15-8-6-14(7-9-15)18-16(19)10-5-12-3-2-4-13(17)11-12/h2-11H,1H3,(H,18,19)/b10-5+. The SMILES string of the molecule is CS(=O)(=O)c1ccc(NC(=O)/C=C/c2cccc(F)c2)cc1. The smallest absolute Gasteiger partial charge is 0.248 e. The second kappa shape index (κ2) is 6.53. The summed E-state index contributed by atoms with van der Waals surface area (Å²) < 4.78 is 35.6. The minimum atomic E-state index is -3.26. The van der Waals surface area contributed by atoms with E-state index in [9.17, 15) is 17.6 Å². The summed E-state index contributed by atoms with van der Waals surface area (Å²) >= 11 is 0. The maximum absolute atomic E-state index is 13.0. The summed E-state index contributed by atoms with van der Waals surface area (Å²) in [5.41, 5.74) is 1.05. The molecule has 114 valence electrons. The van der Waals surface area contributed by atoms with Crippen LogP contribution >= 0.6 is 0 Å². The van der Waals surface area contributed by atoms with E-state index in [1.54, 1.807) is 12.1 Å². The van der Waals surface area contributed by atoms with E-state index in [2.05, 4.69) is 5.32 Å². The number of sulfone groups is 1. The summed E-state index contributed by atoms with van der Waals surface area (Å²) in [6.07, 6.45) is 3.88. The molecule has 0 bridgehead atoms. The number of carbonyl (C=O) groups excluding carboxylic acids is 1. The van der Waals surface area contributed by atoms with E-state index < -0.39 is 15.7 Å². The van der Waals surface area contributed by atoms with Crippen molar-refractivity contribution >= 4 is 27.5 Å². The van der Waals surface area contributed by atoms with Crippen molar-refractivity contribution in [2.45, 2.75) is 4.90 Å². The molecular weight excluding hydrogens is 305 g/mol. The van der Waals surface area contributed by atoms with Crippen molar-refractivity contribution in [1.29, 1.82) is 0 Å². The molecule has 0 aliphatic rings. The second-order valence-electron chi connectivity index (χ2n) is 4.67. The molecule has 0 atom stereocenters. The van der Waals surface area contributed by atoms with Crippen LogP contribution < -0.4 is 5.32 Å². The van der Waals surface area contributed by atoms with Gasteiger partial charge in [0.2, 0.25) is 5.91 Å². The first-order chi connectivity index (χ1) is 10.3. The van der Waals surface area contributed by atoms with Gasteiger partial charge in [-0.2, -0.15) is 0 Å². The third kappa shape index (κ3) is 4.53. The van der Waals surface area contributed by atoms with Crippen molar-refractivity contribution in [3.63, 3.8) is 0 Å². The van der Waals surface area contributed by atoms with Crippen LogP contribution in [-0.4, -0.2) is 20.6 Å². The minimum Gasteiger partial charge on any atom is -0.323 e. The van der Waals surface area contributed by atoms with Gasteiger partial charge >= 0.3 is 0 Å². The molecule has 0 saturated carbocycles. The lowest BCUT2D eigenvalue weighted by atomic mass is 10.2. The van der Waals surface area contributed by atoms with Crippen LogP contribution in [-0.2, 0) is 14.6 Å². The first-order valence-electron chi connectivity index (χ1n) is 6.39. The molecule has 2 rings (SSSR count). The monoisotopic (exact) mass is 319 g/mol. The van der Waals surface area contributed by atoms with Gasteiger partial charge in [-0.1, -0.05) is 12.1 Å². The van der Waals surface area contributed by atoms with Crippen molar-refractivity contribution < 1.29 is 17.6 Å². The normalized spacial score (nSPS) is 11.5. The van der Waals surface area contributed by atoms with E-state index >= 15 is 0 Å². The maximum atomic E-state index is 13.0. The second-order valence-corrected chi connectivity index (χ2v) is 6.69. The van der Waals surface area contributed by atoms with E-state index in [0.29, 0.717) is 11.3 Å². The topological polar surface area (TPSA) is 63.2 Å². The van der Waals surface area contributed by atoms with Gasteiger partial charge in [-0.25, -0.2) is 12.8 Å². The van der Waals surface area contributed by atoms with Crippen LogP contribution in [0.3, 0.4) is 0 Å². The highest BCUT2D eigenvalue weighted by Gasteiger charge is 2.06. The van der Waals surface area contributed by atoms with Crippen LogP contribution in [0.4, 0.5) is 10.1 Å². The number of carbonyl (C=O) groups is 1. The molecule has 0 aliphatic carbocycles. The summed E-state index contributed by atoms with van der Waals surface area (Å²) in [5.74, 6) is -0.768. The van der Waals surface area contributed by atoms with E-state index in [1.807, 2.05) is 0 Å². The quantitative estimate of drug-likeness (QED) is 0.881. The zero-order valence-electron chi connectivity index (χ0n) is 11.8. The van der Waals surface area contributed by atoms with E-state index in [4.69, 9.17) is 0 Å². The average molecular weight is 319 g/mol. The lowest BCUT2D eigenvalue weighted by molar-refractivity contribution is -0.111. The Morgan fingerprint density at radius 3 is 2.41 bits per heavy atom. The highest BCUT2D eigenvalue weighted by Crippen LogP contribution is 2.14. The molecule has 0 fully saturated rings. The first-order valence-corrected chi connectivity index (χ1v) is 8.28. The first kappa shape index (κ1) is 15.9. The van der Waals surface area contributed by atoms with Crippen molar-refractivity contribution in [2.75, 3.05) is 11.6 Å². The summed E-state index contributed by atoms with van der Waals surface area (Å²) in [4.78, 5) is 11.9. The molecule has 0 aromatic heterocycles. The Bertz CT molecular complexity index is 812. The molecule has 2 aromatic carbocycles. The lowest BCUT2D eigenvalue weighted by Crippen LogP contribution is -2.08. The third-order valence-corrected chi connectivity index (χ3v) is 3.95. The number of benzene rings is 2. The van der Waals surface area contributed by atoms with Gasteiger partial charge in [0.05, 0.1) is 4.90 Å². The molecule has 1 amide bonds. The Morgan fingerprint density at radius 1 is 1.14 bits per heavy atom. The zero-order valence-corrected chi connectivity index (χ0v) is 12.6. The van der Waals surface area contributed by atoms with Gasteiger partial charge in [-0.15, -0.1) is 0 Å².